The number of nitrogens with one attached hydrogen (secondary N) is 2. The topological polar surface area (TPSA) is 70.7 Å². The van der Waals surface area contributed by atoms with Gasteiger partial charge in [-0.25, -0.2) is 9.37 Å². The van der Waals surface area contributed by atoms with Gasteiger partial charge in [-0.15, -0.1) is 0 Å². The number of H-pyrrole nitrogens is 1. The molecule has 3 rings (SSSR count). The highest BCUT2D eigenvalue weighted by atomic mass is 35.5. The number of carbonyl (C=O) groups excluding carboxylic acids is 1. The third-order valence-electron chi connectivity index (χ3n) is 2.78. The fraction of sp³-hybridized carbons (Fsp3) is 0. The van der Waals surface area contributed by atoms with E-state index in [0.29, 0.717) is 5.69 Å². The van der Waals surface area contributed by atoms with Crippen molar-refractivity contribution in [2.75, 3.05) is 5.32 Å². The lowest BCUT2D eigenvalue weighted by molar-refractivity contribution is 0.102. The highest BCUT2D eigenvalue weighted by Crippen LogP contribution is 2.23. The smallest absolute Gasteiger partial charge is 0.258 e. The van der Waals surface area contributed by atoms with Crippen LogP contribution in [0, 0.1) is 5.82 Å². The quantitative estimate of drug-likeness (QED) is 0.713. The first-order chi connectivity index (χ1) is 9.65. The zero-order chi connectivity index (χ0) is 14.1. The van der Waals surface area contributed by atoms with Crippen LogP contribution in [-0.2, 0) is 0 Å². The predicted molar refractivity (Wildman–Crippen MR) is 73.3 cm³/mol. The lowest BCUT2D eigenvalue weighted by atomic mass is 10.2. The predicted octanol–water partition coefficient (Wildman–Crippen LogP) is 3.00. The van der Waals surface area contributed by atoms with Crippen LogP contribution in [0.1, 0.15) is 10.4 Å². The van der Waals surface area contributed by atoms with Crippen molar-refractivity contribution in [1.82, 2.24) is 15.2 Å². The van der Waals surface area contributed by atoms with Crippen LogP contribution in [0.3, 0.4) is 0 Å². The van der Waals surface area contributed by atoms with Gasteiger partial charge in [0, 0.05) is 5.39 Å². The molecule has 2 heterocycles. The van der Waals surface area contributed by atoms with E-state index in [1.54, 1.807) is 18.3 Å². The molecule has 2 aromatic heterocycles. The third-order valence-corrected chi connectivity index (χ3v) is 3.08. The second-order valence-electron chi connectivity index (χ2n) is 4.08. The van der Waals surface area contributed by atoms with Gasteiger partial charge in [0.1, 0.15) is 11.0 Å². The Kier molecular flexibility index (Phi) is 3.08. The maximum Gasteiger partial charge on any atom is 0.258 e. The normalized spacial score (nSPS) is 10.7. The monoisotopic (exact) mass is 290 g/mol. The maximum atomic E-state index is 13.1. The lowest BCUT2D eigenvalue weighted by Gasteiger charge is -2.07. The summed E-state index contributed by atoms with van der Waals surface area (Å²) in [6.45, 7) is 0. The number of rotatable bonds is 2. The maximum absolute atomic E-state index is 13.1. The number of aromatic amines is 1. The molecule has 20 heavy (non-hydrogen) atoms. The van der Waals surface area contributed by atoms with E-state index >= 15 is 0 Å². The van der Waals surface area contributed by atoms with Crippen LogP contribution in [-0.4, -0.2) is 21.1 Å². The standard InChI is InChI=1S/C13H8ClFN4O/c14-12-8(4-7(15)5-16-12)13(20)18-10-2-1-3-11-9(10)6-17-19-11/h1-6H,(H,17,19)(H,18,20). The number of anilines is 1. The van der Waals surface area contributed by atoms with Crippen molar-refractivity contribution in [1.29, 1.82) is 0 Å². The summed E-state index contributed by atoms with van der Waals surface area (Å²) < 4.78 is 13.1. The summed E-state index contributed by atoms with van der Waals surface area (Å²) >= 11 is 5.80. The number of benzene rings is 1. The number of fused-ring (bicyclic) bond motifs is 1. The SMILES string of the molecule is O=C(Nc1cccc2[nH]ncc12)c1cc(F)cnc1Cl. The number of halogens is 2. The molecule has 0 radical (unpaired) electrons. The number of carbonyl (C=O) groups is 1. The van der Waals surface area contributed by atoms with E-state index in [1.165, 1.54) is 0 Å². The van der Waals surface area contributed by atoms with Gasteiger partial charge < -0.3 is 5.32 Å². The van der Waals surface area contributed by atoms with Crippen LogP contribution < -0.4 is 5.32 Å². The van der Waals surface area contributed by atoms with E-state index in [-0.39, 0.29) is 10.7 Å². The van der Waals surface area contributed by atoms with Gasteiger partial charge in [-0.05, 0) is 18.2 Å². The summed E-state index contributed by atoms with van der Waals surface area (Å²) in [6.07, 6.45) is 2.55. The highest BCUT2D eigenvalue weighted by molar-refractivity contribution is 6.33. The molecule has 2 N–H and O–H groups in total. The summed E-state index contributed by atoms with van der Waals surface area (Å²) in [6, 6.07) is 6.35. The Labute approximate surface area is 117 Å². The summed E-state index contributed by atoms with van der Waals surface area (Å²) in [4.78, 5) is 15.7. The van der Waals surface area contributed by atoms with E-state index in [0.717, 1.165) is 23.2 Å². The van der Waals surface area contributed by atoms with Crippen molar-refractivity contribution in [2.45, 2.75) is 0 Å². The molecular formula is C13H8ClFN4O. The average molecular weight is 291 g/mol. The number of aromatic nitrogens is 3. The van der Waals surface area contributed by atoms with Crippen molar-refractivity contribution in [3.05, 3.63) is 53.2 Å². The van der Waals surface area contributed by atoms with E-state index in [1.807, 2.05) is 6.07 Å². The first-order valence-corrected chi connectivity index (χ1v) is 6.07. The van der Waals surface area contributed by atoms with Gasteiger partial charge in [0.25, 0.3) is 5.91 Å². The Morgan fingerprint density at radius 1 is 1.35 bits per heavy atom. The molecule has 0 aliphatic rings. The molecular weight excluding hydrogens is 283 g/mol. The van der Waals surface area contributed by atoms with Crippen LogP contribution >= 0.6 is 11.6 Å². The lowest BCUT2D eigenvalue weighted by Crippen LogP contribution is -2.13. The summed E-state index contributed by atoms with van der Waals surface area (Å²) in [5.74, 6) is -1.16. The first kappa shape index (κ1) is 12.6. The number of amides is 1. The molecule has 1 amide bonds. The average Bonchev–Trinajstić information content (AvgIpc) is 2.91. The molecule has 7 heteroatoms. The second-order valence-corrected chi connectivity index (χ2v) is 4.44. The van der Waals surface area contributed by atoms with E-state index in [2.05, 4.69) is 20.5 Å². The van der Waals surface area contributed by atoms with Crippen molar-refractivity contribution < 1.29 is 9.18 Å². The largest absolute Gasteiger partial charge is 0.321 e. The molecule has 100 valence electrons. The zero-order valence-corrected chi connectivity index (χ0v) is 10.8. The number of hydrogen-bond donors (Lipinski definition) is 2. The van der Waals surface area contributed by atoms with Gasteiger partial charge in [0.15, 0.2) is 0 Å². The third kappa shape index (κ3) is 2.21. The molecule has 0 unspecified atom stereocenters. The molecule has 0 aliphatic heterocycles. The minimum Gasteiger partial charge on any atom is -0.321 e. The molecule has 5 nitrogen and oxygen atoms in total. The molecule has 0 spiro atoms. The Morgan fingerprint density at radius 3 is 3.05 bits per heavy atom. The van der Waals surface area contributed by atoms with Gasteiger partial charge in [0.2, 0.25) is 0 Å². The minimum atomic E-state index is -0.624. The number of hydrogen-bond acceptors (Lipinski definition) is 3. The summed E-state index contributed by atoms with van der Waals surface area (Å²) in [7, 11) is 0. The van der Waals surface area contributed by atoms with Gasteiger partial charge in [0.05, 0.1) is 29.2 Å². The van der Waals surface area contributed by atoms with E-state index < -0.39 is 11.7 Å². The second kappa shape index (κ2) is 4.90. The van der Waals surface area contributed by atoms with E-state index in [4.69, 9.17) is 11.6 Å². The van der Waals surface area contributed by atoms with Crippen LogP contribution in [0.5, 0.6) is 0 Å². The van der Waals surface area contributed by atoms with Gasteiger partial charge >= 0.3 is 0 Å². The minimum absolute atomic E-state index is 0.0211. The first-order valence-electron chi connectivity index (χ1n) is 5.69. The zero-order valence-electron chi connectivity index (χ0n) is 10.0. The van der Waals surface area contributed by atoms with Crippen LogP contribution in [0.2, 0.25) is 5.15 Å². The van der Waals surface area contributed by atoms with Gasteiger partial charge in [-0.1, -0.05) is 17.7 Å². The van der Waals surface area contributed by atoms with Gasteiger partial charge in [-0.3, -0.25) is 9.89 Å². The molecule has 0 bridgehead atoms. The molecule has 0 atom stereocenters. The van der Waals surface area contributed by atoms with E-state index in [9.17, 15) is 9.18 Å². The number of pyridine rings is 1. The fourth-order valence-corrected chi connectivity index (χ4v) is 2.04. The fourth-order valence-electron chi connectivity index (χ4n) is 1.85. The van der Waals surface area contributed by atoms with Crippen molar-refractivity contribution >= 4 is 34.1 Å². The summed E-state index contributed by atoms with van der Waals surface area (Å²) in [5.41, 5.74) is 1.32. The summed E-state index contributed by atoms with van der Waals surface area (Å²) in [5, 5.41) is 10.1. The molecule has 0 saturated heterocycles. The molecule has 0 fully saturated rings. The highest BCUT2D eigenvalue weighted by Gasteiger charge is 2.14. The van der Waals surface area contributed by atoms with Crippen LogP contribution in [0.15, 0.2) is 36.7 Å². The van der Waals surface area contributed by atoms with Crippen molar-refractivity contribution in [3.8, 4) is 0 Å². The molecule has 3 aromatic rings. The van der Waals surface area contributed by atoms with Crippen LogP contribution in [0.25, 0.3) is 10.9 Å². The van der Waals surface area contributed by atoms with Crippen molar-refractivity contribution in [2.24, 2.45) is 0 Å². The number of nitrogens with zero attached hydrogens (tertiary/aromatic N) is 2. The Hall–Kier alpha value is -2.47. The molecule has 1 aromatic carbocycles. The molecule has 0 saturated carbocycles. The Morgan fingerprint density at radius 2 is 2.20 bits per heavy atom. The molecule has 0 aliphatic carbocycles. The van der Waals surface area contributed by atoms with Gasteiger partial charge in [-0.2, -0.15) is 5.10 Å². The Bertz CT molecular complexity index is 802. The van der Waals surface area contributed by atoms with Crippen LogP contribution in [0.4, 0.5) is 10.1 Å². The van der Waals surface area contributed by atoms with Crippen molar-refractivity contribution in [3.63, 3.8) is 0 Å². The Balaban J connectivity index is 1.96.